The number of hydrogen-bond donors (Lipinski definition) is 0. The topological polar surface area (TPSA) is 42.4 Å². The summed E-state index contributed by atoms with van der Waals surface area (Å²) in [5.41, 5.74) is 2.98. The quantitative estimate of drug-likeness (QED) is 0.539. The molecule has 29 heavy (non-hydrogen) atoms. The second kappa shape index (κ2) is 7.54. The molecule has 0 N–H and O–H groups in total. The van der Waals surface area contributed by atoms with E-state index in [0.717, 1.165) is 38.8 Å². The molecule has 2 saturated heterocycles. The van der Waals surface area contributed by atoms with E-state index in [1.54, 1.807) is 0 Å². The van der Waals surface area contributed by atoms with E-state index in [1.807, 2.05) is 18.5 Å². The molecular weight excluding hydrogens is 360 g/mol. The second-order valence-electron chi connectivity index (χ2n) is 10.2. The summed E-state index contributed by atoms with van der Waals surface area (Å²) in [4.78, 5) is 19.8. The Morgan fingerprint density at radius 2 is 2.24 bits per heavy atom. The van der Waals surface area contributed by atoms with Crippen LogP contribution in [0.1, 0.15) is 69.9 Å². The van der Waals surface area contributed by atoms with E-state index in [9.17, 15) is 4.79 Å². The van der Waals surface area contributed by atoms with Crippen molar-refractivity contribution in [1.82, 2.24) is 9.88 Å². The Kier molecular flexibility index (Phi) is 5.01. The van der Waals surface area contributed by atoms with Gasteiger partial charge in [-0.05, 0) is 74.5 Å². The molecule has 0 amide bonds. The minimum atomic E-state index is 0.0107. The number of ether oxygens (including phenoxy) is 1. The fraction of sp³-hybridized carbons (Fsp3) is 0.680. The molecule has 6 atom stereocenters. The number of hydrogen-bond acceptors (Lipinski definition) is 4. The third-order valence-electron chi connectivity index (χ3n) is 8.43. The highest BCUT2D eigenvalue weighted by Crippen LogP contribution is 2.57. The van der Waals surface area contributed by atoms with Gasteiger partial charge in [0.2, 0.25) is 0 Å². The van der Waals surface area contributed by atoms with Gasteiger partial charge in [0, 0.05) is 30.9 Å². The van der Waals surface area contributed by atoms with Crippen LogP contribution in [-0.2, 0) is 9.53 Å². The van der Waals surface area contributed by atoms with Gasteiger partial charge in [-0.25, -0.2) is 0 Å². The summed E-state index contributed by atoms with van der Waals surface area (Å²) in [6, 6.07) is 4.59. The number of esters is 1. The van der Waals surface area contributed by atoms with Crippen LogP contribution in [0.5, 0.6) is 0 Å². The van der Waals surface area contributed by atoms with Crippen molar-refractivity contribution in [3.63, 3.8) is 0 Å². The smallest absolute Gasteiger partial charge is 0.310 e. The van der Waals surface area contributed by atoms with E-state index < -0.39 is 0 Å². The zero-order chi connectivity index (χ0) is 20.0. The van der Waals surface area contributed by atoms with Crippen molar-refractivity contribution >= 4 is 5.97 Å². The number of carbonyl (C=O) groups excluding carboxylic acids is 1. The molecule has 0 unspecified atom stereocenters. The summed E-state index contributed by atoms with van der Waals surface area (Å²) in [7, 11) is 0. The molecule has 0 radical (unpaired) electrons. The van der Waals surface area contributed by atoms with Crippen LogP contribution in [0.2, 0.25) is 0 Å². The largest absolute Gasteiger partial charge is 0.462 e. The minimum Gasteiger partial charge on any atom is -0.462 e. The van der Waals surface area contributed by atoms with Crippen molar-refractivity contribution in [2.24, 2.45) is 23.2 Å². The summed E-state index contributed by atoms with van der Waals surface area (Å²) in [5, 5.41) is 0. The average Bonchev–Trinajstić information content (AvgIpc) is 3.01. The number of allylic oxidation sites excluding steroid dienone is 1. The number of carbonyl (C=O) groups is 1. The number of nitrogens with zero attached hydrogens (tertiary/aromatic N) is 2. The first-order valence-electron chi connectivity index (χ1n) is 11.6. The number of likely N-dealkylation sites (tertiary alicyclic amines) is 1. The molecule has 2 aliphatic carbocycles. The van der Waals surface area contributed by atoms with E-state index in [2.05, 4.69) is 29.5 Å². The Hall–Kier alpha value is -1.68. The number of fused-ring (bicyclic) bond motifs is 2. The van der Waals surface area contributed by atoms with Gasteiger partial charge in [0.25, 0.3) is 0 Å². The number of aromatic nitrogens is 1. The van der Waals surface area contributed by atoms with Crippen LogP contribution in [-0.4, -0.2) is 35.0 Å². The average molecular weight is 395 g/mol. The highest BCUT2D eigenvalue weighted by atomic mass is 16.6. The Morgan fingerprint density at radius 1 is 1.34 bits per heavy atom. The molecule has 2 saturated carbocycles. The van der Waals surface area contributed by atoms with Crippen molar-refractivity contribution < 1.29 is 9.53 Å². The maximum absolute atomic E-state index is 13.0. The molecule has 5 rings (SSSR count). The Labute approximate surface area is 174 Å². The van der Waals surface area contributed by atoms with Gasteiger partial charge in [-0.3, -0.25) is 14.7 Å². The maximum Gasteiger partial charge on any atom is 0.310 e. The van der Waals surface area contributed by atoms with Crippen LogP contribution in [0.15, 0.2) is 36.7 Å². The molecule has 156 valence electrons. The van der Waals surface area contributed by atoms with Gasteiger partial charge in [-0.15, -0.1) is 0 Å². The number of piperidine rings is 1. The van der Waals surface area contributed by atoms with Crippen molar-refractivity contribution in [2.75, 3.05) is 13.1 Å². The van der Waals surface area contributed by atoms with Crippen LogP contribution < -0.4 is 0 Å². The molecule has 0 aromatic carbocycles. The third-order valence-corrected chi connectivity index (χ3v) is 8.43. The van der Waals surface area contributed by atoms with Gasteiger partial charge in [-0.2, -0.15) is 0 Å². The first kappa shape index (κ1) is 19.3. The molecule has 3 heterocycles. The molecule has 1 aromatic heterocycles. The van der Waals surface area contributed by atoms with Gasteiger partial charge >= 0.3 is 5.97 Å². The van der Waals surface area contributed by atoms with Crippen LogP contribution in [0.4, 0.5) is 0 Å². The van der Waals surface area contributed by atoms with Crippen molar-refractivity contribution in [3.8, 4) is 0 Å². The number of pyridine rings is 1. The van der Waals surface area contributed by atoms with Gasteiger partial charge in [-0.1, -0.05) is 31.6 Å². The molecule has 0 bridgehead atoms. The first-order chi connectivity index (χ1) is 14.0. The normalized spacial score (nSPS) is 40.2. The fourth-order valence-electron chi connectivity index (χ4n) is 6.88. The lowest BCUT2D eigenvalue weighted by molar-refractivity contribution is -0.146. The van der Waals surface area contributed by atoms with E-state index in [-0.39, 0.29) is 23.4 Å². The summed E-state index contributed by atoms with van der Waals surface area (Å²) in [6.07, 6.45) is 13.3. The molecule has 4 heteroatoms. The molecular formula is C25H34N2O2. The second-order valence-corrected chi connectivity index (χ2v) is 10.2. The number of rotatable bonds is 3. The standard InChI is InChI=1S/C25H34N2O2/c1-17-7-5-10-25(2)14-23-19(13-21(17)25)20(24(28)29-23)16-27-12-4-3-9-22(27)18-8-6-11-26-15-18/h6,8,11,15,19-23H,1,3-5,7,9-10,12-14,16H2,2H3/t19-,20+,21+,22+,23-,25-/m1/s1. The summed E-state index contributed by atoms with van der Waals surface area (Å²) in [5.74, 6) is 0.969. The summed E-state index contributed by atoms with van der Waals surface area (Å²) < 4.78 is 6.00. The van der Waals surface area contributed by atoms with Crippen LogP contribution >= 0.6 is 0 Å². The first-order valence-corrected chi connectivity index (χ1v) is 11.6. The molecule has 4 fully saturated rings. The van der Waals surface area contributed by atoms with E-state index >= 15 is 0 Å². The van der Waals surface area contributed by atoms with Crippen molar-refractivity contribution in [3.05, 3.63) is 42.2 Å². The lowest BCUT2D eigenvalue weighted by atomic mass is 9.55. The maximum atomic E-state index is 13.0. The zero-order valence-electron chi connectivity index (χ0n) is 17.7. The van der Waals surface area contributed by atoms with Crippen molar-refractivity contribution in [2.45, 2.75) is 70.4 Å². The van der Waals surface area contributed by atoms with E-state index in [1.165, 1.54) is 36.8 Å². The predicted molar refractivity (Wildman–Crippen MR) is 113 cm³/mol. The lowest BCUT2D eigenvalue weighted by Crippen LogP contribution is -2.46. The van der Waals surface area contributed by atoms with Gasteiger partial charge in [0.1, 0.15) is 6.10 Å². The van der Waals surface area contributed by atoms with Crippen LogP contribution in [0, 0.1) is 23.2 Å². The molecule has 0 spiro atoms. The zero-order valence-corrected chi connectivity index (χ0v) is 17.7. The third kappa shape index (κ3) is 3.43. The Morgan fingerprint density at radius 3 is 3.07 bits per heavy atom. The summed E-state index contributed by atoms with van der Waals surface area (Å²) >= 11 is 0. The Bertz CT molecular complexity index is 778. The SMILES string of the molecule is C=C1CCC[C@]2(C)C[C@H]3OC(=O)[C@@H](CN4CCCC[C@H]4c4cccnc4)[C@H]3C[C@@H]12. The highest BCUT2D eigenvalue weighted by molar-refractivity contribution is 5.75. The van der Waals surface area contributed by atoms with Gasteiger partial charge < -0.3 is 4.74 Å². The van der Waals surface area contributed by atoms with E-state index in [4.69, 9.17) is 4.74 Å². The molecule has 2 aliphatic heterocycles. The predicted octanol–water partition coefficient (Wildman–Crippen LogP) is 4.92. The lowest BCUT2D eigenvalue weighted by Gasteiger charge is -2.50. The van der Waals surface area contributed by atoms with Crippen LogP contribution in [0.25, 0.3) is 0 Å². The minimum absolute atomic E-state index is 0.0107. The molecule has 4 aliphatic rings. The highest BCUT2D eigenvalue weighted by Gasteiger charge is 2.55. The fourth-order valence-corrected chi connectivity index (χ4v) is 6.88. The van der Waals surface area contributed by atoms with Crippen molar-refractivity contribution in [1.29, 1.82) is 0 Å². The van der Waals surface area contributed by atoms with E-state index in [0.29, 0.717) is 17.9 Å². The molecule has 4 nitrogen and oxygen atoms in total. The van der Waals surface area contributed by atoms with Gasteiger partial charge in [0.05, 0.1) is 5.92 Å². The van der Waals surface area contributed by atoms with Gasteiger partial charge in [0.15, 0.2) is 0 Å². The Balaban J connectivity index is 1.35. The van der Waals surface area contributed by atoms with Crippen LogP contribution in [0.3, 0.4) is 0 Å². The summed E-state index contributed by atoms with van der Waals surface area (Å²) in [6.45, 7) is 8.72. The molecule has 1 aromatic rings. The monoisotopic (exact) mass is 394 g/mol.